The van der Waals surface area contributed by atoms with Crippen LogP contribution in [0.2, 0.25) is 0 Å². The molecule has 8 nitrogen and oxygen atoms in total. The molecule has 0 saturated heterocycles. The van der Waals surface area contributed by atoms with Gasteiger partial charge in [-0.25, -0.2) is 9.37 Å². The zero-order chi connectivity index (χ0) is 20.5. The van der Waals surface area contributed by atoms with E-state index in [1.165, 1.54) is 24.3 Å². The summed E-state index contributed by atoms with van der Waals surface area (Å²) in [5.74, 6) is 1.67. The van der Waals surface area contributed by atoms with Gasteiger partial charge < -0.3 is 20.7 Å². The second-order valence-electron chi connectivity index (χ2n) is 6.17. The average molecular weight is 396 g/mol. The van der Waals surface area contributed by atoms with Crippen molar-refractivity contribution in [3.05, 3.63) is 66.1 Å². The number of carbonyl (C=O) groups is 1. The van der Waals surface area contributed by atoms with Crippen molar-refractivity contribution in [3.63, 3.8) is 0 Å². The lowest BCUT2D eigenvalue weighted by Gasteiger charge is -2.09. The maximum absolute atomic E-state index is 12.8. The number of hydrogen-bond donors (Lipinski definition) is 3. The first-order chi connectivity index (χ1) is 14.1. The van der Waals surface area contributed by atoms with Gasteiger partial charge in [-0.1, -0.05) is 6.07 Å². The monoisotopic (exact) mass is 396 g/mol. The number of pyridine rings is 1. The second-order valence-corrected chi connectivity index (χ2v) is 6.17. The van der Waals surface area contributed by atoms with Gasteiger partial charge in [-0.15, -0.1) is 10.2 Å². The molecule has 1 amide bonds. The minimum Gasteiger partial charge on any atom is -0.484 e. The number of rotatable bonds is 9. The predicted molar refractivity (Wildman–Crippen MR) is 108 cm³/mol. The molecule has 9 heteroatoms. The molecule has 0 fully saturated rings. The van der Waals surface area contributed by atoms with Gasteiger partial charge in [0, 0.05) is 19.3 Å². The van der Waals surface area contributed by atoms with Crippen LogP contribution in [0.25, 0.3) is 0 Å². The summed E-state index contributed by atoms with van der Waals surface area (Å²) in [5, 5.41) is 17.0. The van der Waals surface area contributed by atoms with Crippen molar-refractivity contribution in [1.29, 1.82) is 0 Å². The van der Waals surface area contributed by atoms with E-state index in [1.807, 2.05) is 19.1 Å². The Kier molecular flexibility index (Phi) is 6.88. The van der Waals surface area contributed by atoms with Crippen LogP contribution >= 0.6 is 0 Å². The SMILES string of the molecule is Cc1ccc(Nc2ccc(NCCNC(=O)COc3ccc(F)cc3)nn2)nc1. The summed E-state index contributed by atoms with van der Waals surface area (Å²) in [6.45, 7) is 2.70. The van der Waals surface area contributed by atoms with Crippen molar-refractivity contribution in [2.75, 3.05) is 30.3 Å². The number of ether oxygens (including phenoxy) is 1. The number of carbonyl (C=O) groups excluding carboxylic acids is 1. The number of aryl methyl sites for hydroxylation is 1. The minimum atomic E-state index is -0.355. The smallest absolute Gasteiger partial charge is 0.258 e. The summed E-state index contributed by atoms with van der Waals surface area (Å²) in [5.41, 5.74) is 1.08. The number of hydrogen-bond acceptors (Lipinski definition) is 7. The summed E-state index contributed by atoms with van der Waals surface area (Å²) < 4.78 is 18.1. The highest BCUT2D eigenvalue weighted by Crippen LogP contribution is 2.13. The molecule has 0 saturated carbocycles. The molecular formula is C20H21FN6O2. The van der Waals surface area contributed by atoms with Crippen LogP contribution in [0.5, 0.6) is 5.75 Å². The van der Waals surface area contributed by atoms with Crippen LogP contribution in [-0.4, -0.2) is 40.8 Å². The molecule has 2 aromatic heterocycles. The molecule has 0 aliphatic heterocycles. The number of nitrogens with one attached hydrogen (secondary N) is 3. The van der Waals surface area contributed by atoms with E-state index in [0.29, 0.717) is 36.3 Å². The predicted octanol–water partition coefficient (Wildman–Crippen LogP) is 2.67. The largest absolute Gasteiger partial charge is 0.484 e. The maximum Gasteiger partial charge on any atom is 0.258 e. The third-order valence-electron chi connectivity index (χ3n) is 3.77. The lowest BCUT2D eigenvalue weighted by molar-refractivity contribution is -0.123. The van der Waals surface area contributed by atoms with Crippen molar-refractivity contribution in [2.24, 2.45) is 0 Å². The number of anilines is 3. The van der Waals surface area contributed by atoms with Crippen molar-refractivity contribution in [2.45, 2.75) is 6.92 Å². The highest BCUT2D eigenvalue weighted by atomic mass is 19.1. The van der Waals surface area contributed by atoms with Gasteiger partial charge in [0.25, 0.3) is 5.91 Å². The third-order valence-corrected chi connectivity index (χ3v) is 3.77. The fourth-order valence-corrected chi connectivity index (χ4v) is 2.29. The second kappa shape index (κ2) is 9.98. The van der Waals surface area contributed by atoms with E-state index < -0.39 is 0 Å². The first kappa shape index (κ1) is 20.0. The molecule has 0 atom stereocenters. The quantitative estimate of drug-likeness (QED) is 0.478. The molecule has 2 heterocycles. The van der Waals surface area contributed by atoms with E-state index in [9.17, 15) is 9.18 Å². The molecule has 29 heavy (non-hydrogen) atoms. The molecule has 3 rings (SSSR count). The van der Waals surface area contributed by atoms with Gasteiger partial charge >= 0.3 is 0 Å². The molecule has 1 aromatic carbocycles. The Morgan fingerprint density at radius 2 is 1.69 bits per heavy atom. The standard InChI is InChI=1S/C20H21FN6O2/c1-14-2-7-17(24-12-14)25-19-9-8-18(26-27-19)22-10-11-23-20(28)13-29-16-5-3-15(21)4-6-16/h2-9,12H,10-11,13H2,1H3,(H,22,26)(H,23,28)(H,24,25,27). The highest BCUT2D eigenvalue weighted by Gasteiger charge is 2.03. The minimum absolute atomic E-state index is 0.140. The van der Waals surface area contributed by atoms with Crippen LogP contribution in [0.15, 0.2) is 54.7 Å². The van der Waals surface area contributed by atoms with Crippen molar-refractivity contribution < 1.29 is 13.9 Å². The van der Waals surface area contributed by atoms with Crippen molar-refractivity contribution in [1.82, 2.24) is 20.5 Å². The number of nitrogens with zero attached hydrogens (tertiary/aromatic N) is 3. The van der Waals surface area contributed by atoms with Gasteiger partial charge in [-0.05, 0) is 55.0 Å². The molecule has 0 bridgehead atoms. The van der Waals surface area contributed by atoms with Gasteiger partial charge in [0.1, 0.15) is 23.2 Å². The zero-order valence-electron chi connectivity index (χ0n) is 15.9. The molecule has 150 valence electrons. The fourth-order valence-electron chi connectivity index (χ4n) is 2.29. The van der Waals surface area contributed by atoms with E-state index in [0.717, 1.165) is 5.56 Å². The summed E-state index contributed by atoms with van der Waals surface area (Å²) >= 11 is 0. The van der Waals surface area contributed by atoms with Crippen LogP contribution in [-0.2, 0) is 4.79 Å². The zero-order valence-corrected chi connectivity index (χ0v) is 15.9. The number of benzene rings is 1. The average Bonchev–Trinajstić information content (AvgIpc) is 2.73. The third kappa shape index (κ3) is 6.73. The maximum atomic E-state index is 12.8. The number of aromatic nitrogens is 3. The van der Waals surface area contributed by atoms with Crippen molar-refractivity contribution in [3.8, 4) is 5.75 Å². The van der Waals surface area contributed by atoms with Gasteiger partial charge in [0.15, 0.2) is 12.4 Å². The van der Waals surface area contributed by atoms with E-state index >= 15 is 0 Å². The summed E-state index contributed by atoms with van der Waals surface area (Å²) in [7, 11) is 0. The van der Waals surface area contributed by atoms with Crippen LogP contribution in [0.3, 0.4) is 0 Å². The molecule has 0 aliphatic carbocycles. The summed E-state index contributed by atoms with van der Waals surface area (Å²) in [4.78, 5) is 16.0. The Morgan fingerprint density at radius 3 is 2.38 bits per heavy atom. The van der Waals surface area contributed by atoms with Gasteiger partial charge in [0.2, 0.25) is 0 Å². The van der Waals surface area contributed by atoms with Crippen LogP contribution in [0.4, 0.5) is 21.8 Å². The van der Waals surface area contributed by atoms with E-state index in [2.05, 4.69) is 31.1 Å². The number of halogens is 1. The Bertz CT molecular complexity index is 917. The Morgan fingerprint density at radius 1 is 0.966 bits per heavy atom. The lowest BCUT2D eigenvalue weighted by Crippen LogP contribution is -2.32. The van der Waals surface area contributed by atoms with Crippen LogP contribution < -0.4 is 20.7 Å². The normalized spacial score (nSPS) is 10.3. The molecule has 0 unspecified atom stereocenters. The first-order valence-electron chi connectivity index (χ1n) is 9.01. The van der Waals surface area contributed by atoms with E-state index in [1.54, 1.807) is 18.3 Å². The van der Waals surface area contributed by atoms with Crippen molar-refractivity contribution >= 4 is 23.4 Å². The molecule has 0 radical (unpaired) electrons. The molecule has 0 aliphatic rings. The Hall–Kier alpha value is -3.75. The van der Waals surface area contributed by atoms with E-state index in [4.69, 9.17) is 4.74 Å². The topological polar surface area (TPSA) is 101 Å². The lowest BCUT2D eigenvalue weighted by atomic mass is 10.3. The highest BCUT2D eigenvalue weighted by molar-refractivity contribution is 5.77. The van der Waals surface area contributed by atoms with Gasteiger partial charge in [-0.3, -0.25) is 4.79 Å². The summed E-state index contributed by atoms with van der Waals surface area (Å²) in [6, 6.07) is 12.9. The molecule has 3 aromatic rings. The Labute approximate surface area is 167 Å². The fraction of sp³-hybridized carbons (Fsp3) is 0.200. The van der Waals surface area contributed by atoms with E-state index in [-0.39, 0.29) is 18.3 Å². The Balaban J connectivity index is 1.34. The molecular weight excluding hydrogens is 375 g/mol. The van der Waals surface area contributed by atoms with Crippen LogP contribution in [0, 0.1) is 12.7 Å². The first-order valence-corrected chi connectivity index (χ1v) is 9.01. The molecule has 3 N–H and O–H groups in total. The number of amides is 1. The summed E-state index contributed by atoms with van der Waals surface area (Å²) in [6.07, 6.45) is 1.77. The molecule has 0 spiro atoms. The van der Waals surface area contributed by atoms with Gasteiger partial charge in [-0.2, -0.15) is 0 Å². The van der Waals surface area contributed by atoms with Gasteiger partial charge in [0.05, 0.1) is 0 Å². The van der Waals surface area contributed by atoms with Crippen LogP contribution in [0.1, 0.15) is 5.56 Å².